The largest absolute Gasteiger partial charge is 0.103 e. The quantitative estimate of drug-likeness (QED) is 0.252. The van der Waals surface area contributed by atoms with Crippen LogP contribution in [0.4, 0.5) is 0 Å². The molecule has 0 nitrogen and oxygen atoms in total. The third-order valence-corrected chi connectivity index (χ3v) is 5.36. The van der Waals surface area contributed by atoms with Crippen LogP contribution in [0.15, 0.2) is 59.3 Å². The van der Waals surface area contributed by atoms with Crippen LogP contribution >= 0.6 is 0 Å². The molecule has 0 radical (unpaired) electrons. The van der Waals surface area contributed by atoms with E-state index >= 15 is 0 Å². The summed E-state index contributed by atoms with van der Waals surface area (Å²) in [6, 6.07) is 0. The fourth-order valence-corrected chi connectivity index (χ4v) is 3.26. The summed E-state index contributed by atoms with van der Waals surface area (Å²) in [7, 11) is 0. The van der Waals surface area contributed by atoms with Crippen LogP contribution in [0.25, 0.3) is 0 Å². The van der Waals surface area contributed by atoms with Crippen LogP contribution in [-0.4, -0.2) is 0 Å². The van der Waals surface area contributed by atoms with Crippen molar-refractivity contribution >= 4 is 0 Å². The Labute approximate surface area is 171 Å². The lowest BCUT2D eigenvalue weighted by molar-refractivity contribution is 0.578. The van der Waals surface area contributed by atoms with E-state index in [1.807, 2.05) is 0 Å². The standard InChI is InChI=1S/C27H46/c1-8-26(9-2)20-14-22-27(10-3)21-13-19-25(7)18-12-17-24(6)16-11-15-23(4)5/h8,15,17,19,22,26H,1,9-14,16,18,20-21H2,2-7H3. The first kappa shape index (κ1) is 25.7. The first-order chi connectivity index (χ1) is 12.9. The smallest absolute Gasteiger partial charge is 0.0236 e. The first-order valence-corrected chi connectivity index (χ1v) is 11.2. The van der Waals surface area contributed by atoms with Gasteiger partial charge in [-0.25, -0.2) is 0 Å². The van der Waals surface area contributed by atoms with Gasteiger partial charge in [0.15, 0.2) is 0 Å². The third kappa shape index (κ3) is 15.5. The van der Waals surface area contributed by atoms with Crippen LogP contribution in [0.3, 0.4) is 0 Å². The highest BCUT2D eigenvalue weighted by molar-refractivity contribution is 5.08. The molecule has 0 heterocycles. The van der Waals surface area contributed by atoms with Crippen LogP contribution in [0.5, 0.6) is 0 Å². The predicted octanol–water partition coefficient (Wildman–Crippen LogP) is 9.51. The van der Waals surface area contributed by atoms with E-state index in [1.54, 1.807) is 5.57 Å². The lowest BCUT2D eigenvalue weighted by atomic mass is 9.98. The average molecular weight is 371 g/mol. The van der Waals surface area contributed by atoms with Crippen LogP contribution in [0.2, 0.25) is 0 Å². The van der Waals surface area contributed by atoms with Gasteiger partial charge in [0.1, 0.15) is 0 Å². The van der Waals surface area contributed by atoms with Crippen molar-refractivity contribution in [3.8, 4) is 0 Å². The summed E-state index contributed by atoms with van der Waals surface area (Å²) in [4.78, 5) is 0. The second-order valence-electron chi connectivity index (χ2n) is 8.20. The summed E-state index contributed by atoms with van der Waals surface area (Å²) in [5.74, 6) is 0.681. The van der Waals surface area contributed by atoms with Gasteiger partial charge in [0, 0.05) is 0 Å². The van der Waals surface area contributed by atoms with E-state index < -0.39 is 0 Å². The van der Waals surface area contributed by atoms with Crippen molar-refractivity contribution in [3.63, 3.8) is 0 Å². The number of allylic oxidation sites excluding steroid dienone is 9. The van der Waals surface area contributed by atoms with Gasteiger partial charge in [-0.2, -0.15) is 0 Å². The zero-order chi connectivity index (χ0) is 20.5. The lowest BCUT2D eigenvalue weighted by Gasteiger charge is -2.08. The van der Waals surface area contributed by atoms with Gasteiger partial charge in [0.05, 0.1) is 0 Å². The Bertz CT molecular complexity index is 506. The second-order valence-corrected chi connectivity index (χ2v) is 8.20. The van der Waals surface area contributed by atoms with E-state index in [0.717, 1.165) is 0 Å². The molecule has 154 valence electrons. The van der Waals surface area contributed by atoms with E-state index in [9.17, 15) is 0 Å². The molecular formula is C27H46. The summed E-state index contributed by atoms with van der Waals surface area (Å²) in [5, 5.41) is 0. The van der Waals surface area contributed by atoms with Crippen LogP contribution in [0.1, 0.15) is 106 Å². The van der Waals surface area contributed by atoms with Gasteiger partial charge in [0.2, 0.25) is 0 Å². The lowest BCUT2D eigenvalue weighted by Crippen LogP contribution is -1.93. The molecule has 0 aromatic heterocycles. The average Bonchev–Trinajstić information content (AvgIpc) is 2.63. The normalized spacial score (nSPS) is 14.2. The van der Waals surface area contributed by atoms with Crippen molar-refractivity contribution < 1.29 is 0 Å². The molecule has 0 aromatic rings. The Morgan fingerprint density at radius 1 is 0.741 bits per heavy atom. The summed E-state index contributed by atoms with van der Waals surface area (Å²) in [6.45, 7) is 17.4. The Balaban J connectivity index is 4.17. The van der Waals surface area contributed by atoms with E-state index in [2.05, 4.69) is 78.5 Å². The Kier molecular flexibility index (Phi) is 16.0. The summed E-state index contributed by atoms with van der Waals surface area (Å²) >= 11 is 0. The molecular weight excluding hydrogens is 324 g/mol. The van der Waals surface area contributed by atoms with Crippen LogP contribution in [0, 0.1) is 5.92 Å². The number of hydrogen-bond donors (Lipinski definition) is 0. The molecule has 27 heavy (non-hydrogen) atoms. The van der Waals surface area contributed by atoms with Crippen molar-refractivity contribution in [3.05, 3.63) is 59.3 Å². The highest BCUT2D eigenvalue weighted by Crippen LogP contribution is 2.18. The predicted molar refractivity (Wildman–Crippen MR) is 126 cm³/mol. The Morgan fingerprint density at radius 3 is 1.78 bits per heavy atom. The molecule has 0 aliphatic carbocycles. The molecule has 0 saturated carbocycles. The van der Waals surface area contributed by atoms with E-state index in [1.165, 1.54) is 80.9 Å². The molecule has 0 aliphatic heterocycles. The zero-order valence-corrected chi connectivity index (χ0v) is 19.2. The molecule has 0 saturated heterocycles. The minimum absolute atomic E-state index is 0.681. The van der Waals surface area contributed by atoms with E-state index in [4.69, 9.17) is 0 Å². The maximum Gasteiger partial charge on any atom is -0.0236 e. The van der Waals surface area contributed by atoms with E-state index in [0.29, 0.717) is 5.92 Å². The topological polar surface area (TPSA) is 0 Å². The maximum absolute atomic E-state index is 3.94. The molecule has 0 N–H and O–H groups in total. The summed E-state index contributed by atoms with van der Waals surface area (Å²) < 4.78 is 0. The van der Waals surface area contributed by atoms with Crippen molar-refractivity contribution in [1.82, 2.24) is 0 Å². The molecule has 0 fully saturated rings. The van der Waals surface area contributed by atoms with Gasteiger partial charge < -0.3 is 0 Å². The Hall–Kier alpha value is -1.30. The van der Waals surface area contributed by atoms with Gasteiger partial charge in [-0.1, -0.05) is 66.5 Å². The summed E-state index contributed by atoms with van der Waals surface area (Å²) in [6.07, 6.45) is 23.8. The molecule has 0 amide bonds. The molecule has 1 unspecified atom stereocenters. The van der Waals surface area contributed by atoms with Gasteiger partial charge in [0.25, 0.3) is 0 Å². The van der Waals surface area contributed by atoms with Crippen molar-refractivity contribution in [2.75, 3.05) is 0 Å². The molecule has 0 spiro atoms. The number of hydrogen-bond acceptors (Lipinski definition) is 0. The van der Waals surface area contributed by atoms with Crippen molar-refractivity contribution in [2.24, 2.45) is 5.92 Å². The second kappa shape index (κ2) is 16.8. The van der Waals surface area contributed by atoms with Gasteiger partial charge in [-0.3, -0.25) is 0 Å². The molecule has 0 aliphatic rings. The van der Waals surface area contributed by atoms with E-state index in [-0.39, 0.29) is 0 Å². The van der Waals surface area contributed by atoms with Crippen molar-refractivity contribution in [1.29, 1.82) is 0 Å². The minimum atomic E-state index is 0.681. The SMILES string of the molecule is C=CC(CC)CCC=C(CC)CCC=C(C)CCC=C(C)CCC=C(C)C. The first-order valence-electron chi connectivity index (χ1n) is 11.2. The van der Waals surface area contributed by atoms with Gasteiger partial charge >= 0.3 is 0 Å². The van der Waals surface area contributed by atoms with Crippen molar-refractivity contribution in [2.45, 2.75) is 106 Å². The third-order valence-electron chi connectivity index (χ3n) is 5.36. The maximum atomic E-state index is 3.94. The fourth-order valence-electron chi connectivity index (χ4n) is 3.26. The fraction of sp³-hybridized carbons (Fsp3) is 0.630. The zero-order valence-electron chi connectivity index (χ0n) is 19.2. The summed E-state index contributed by atoms with van der Waals surface area (Å²) in [5.41, 5.74) is 6.11. The molecule has 0 rings (SSSR count). The molecule has 1 atom stereocenters. The van der Waals surface area contributed by atoms with Crippen LogP contribution in [-0.2, 0) is 0 Å². The molecule has 0 heteroatoms. The Morgan fingerprint density at radius 2 is 1.30 bits per heavy atom. The minimum Gasteiger partial charge on any atom is -0.103 e. The highest BCUT2D eigenvalue weighted by atomic mass is 14.1. The number of rotatable bonds is 15. The molecule has 0 bridgehead atoms. The highest BCUT2D eigenvalue weighted by Gasteiger charge is 2.00. The van der Waals surface area contributed by atoms with Gasteiger partial charge in [-0.05, 0) is 97.8 Å². The monoisotopic (exact) mass is 370 g/mol. The van der Waals surface area contributed by atoms with Gasteiger partial charge in [-0.15, -0.1) is 6.58 Å². The molecule has 0 aromatic carbocycles. The van der Waals surface area contributed by atoms with Crippen LogP contribution < -0.4 is 0 Å².